The molecule has 0 fully saturated rings. The molecule has 5 heteroatoms. The van der Waals surface area contributed by atoms with Gasteiger partial charge in [-0.05, 0) is 50.2 Å². The van der Waals surface area contributed by atoms with Crippen LogP contribution in [0.2, 0.25) is 0 Å². The van der Waals surface area contributed by atoms with E-state index in [4.69, 9.17) is 9.47 Å². The highest BCUT2D eigenvalue weighted by Crippen LogP contribution is 2.31. The zero-order chi connectivity index (χ0) is 18.4. The molecule has 1 N–H and O–H groups in total. The summed E-state index contributed by atoms with van der Waals surface area (Å²) in [7, 11) is 5.14. The van der Waals surface area contributed by atoms with Crippen LogP contribution in [0.5, 0.6) is 11.5 Å². The third-order valence-electron chi connectivity index (χ3n) is 3.84. The lowest BCUT2D eigenvalue weighted by molar-refractivity contribution is -0.117. The second-order valence-electron chi connectivity index (χ2n) is 6.25. The van der Waals surface area contributed by atoms with E-state index in [0.717, 1.165) is 22.4 Å². The molecule has 5 nitrogen and oxygen atoms in total. The number of amides is 1. The van der Waals surface area contributed by atoms with Gasteiger partial charge in [0.05, 0.1) is 20.8 Å². The van der Waals surface area contributed by atoms with E-state index in [-0.39, 0.29) is 12.5 Å². The Bertz CT molecular complexity index is 723. The number of hydrogen-bond acceptors (Lipinski definition) is 4. The molecule has 0 atom stereocenters. The molecule has 0 saturated carbocycles. The molecular formula is C20H26N2O3. The first kappa shape index (κ1) is 18.8. The summed E-state index contributed by atoms with van der Waals surface area (Å²) < 4.78 is 10.8. The summed E-state index contributed by atoms with van der Waals surface area (Å²) >= 11 is 0. The lowest BCUT2D eigenvalue weighted by atomic mass is 10.1. The summed E-state index contributed by atoms with van der Waals surface area (Å²) in [5, 5.41) is 2.95. The van der Waals surface area contributed by atoms with Gasteiger partial charge in [-0.25, -0.2) is 0 Å². The molecule has 0 spiro atoms. The van der Waals surface area contributed by atoms with Crippen molar-refractivity contribution in [3.63, 3.8) is 0 Å². The number of anilines is 1. The summed E-state index contributed by atoms with van der Waals surface area (Å²) in [6.07, 6.45) is 0. The van der Waals surface area contributed by atoms with Crippen molar-refractivity contribution in [3.05, 3.63) is 53.1 Å². The molecule has 0 bridgehead atoms. The molecule has 2 aromatic carbocycles. The molecule has 0 aliphatic rings. The second-order valence-corrected chi connectivity index (χ2v) is 6.25. The summed E-state index contributed by atoms with van der Waals surface area (Å²) in [5.41, 5.74) is 4.06. The van der Waals surface area contributed by atoms with E-state index < -0.39 is 0 Å². The molecule has 134 valence electrons. The third kappa shape index (κ3) is 5.22. The Morgan fingerprint density at radius 1 is 1.08 bits per heavy atom. The number of carbonyl (C=O) groups is 1. The number of rotatable bonds is 7. The van der Waals surface area contributed by atoms with Crippen LogP contribution in [0.1, 0.15) is 16.7 Å². The van der Waals surface area contributed by atoms with Gasteiger partial charge in [-0.3, -0.25) is 9.69 Å². The molecular weight excluding hydrogens is 316 g/mol. The number of carbonyl (C=O) groups excluding carboxylic acids is 1. The molecule has 1 amide bonds. The number of hydrogen-bond donors (Lipinski definition) is 1. The van der Waals surface area contributed by atoms with Crippen LogP contribution in [0, 0.1) is 13.8 Å². The molecule has 2 rings (SSSR count). The molecule has 0 radical (unpaired) electrons. The van der Waals surface area contributed by atoms with Gasteiger partial charge in [0.25, 0.3) is 0 Å². The minimum atomic E-state index is -0.0469. The van der Waals surface area contributed by atoms with Crippen molar-refractivity contribution in [3.8, 4) is 11.5 Å². The van der Waals surface area contributed by atoms with Crippen molar-refractivity contribution in [1.29, 1.82) is 0 Å². The first-order valence-electron chi connectivity index (χ1n) is 8.19. The van der Waals surface area contributed by atoms with Gasteiger partial charge in [-0.2, -0.15) is 0 Å². The number of nitrogens with zero attached hydrogens (tertiary/aromatic N) is 1. The van der Waals surface area contributed by atoms with Crippen molar-refractivity contribution in [1.82, 2.24) is 4.90 Å². The van der Waals surface area contributed by atoms with Crippen molar-refractivity contribution >= 4 is 11.6 Å². The molecule has 0 aromatic heterocycles. The van der Waals surface area contributed by atoms with Crippen LogP contribution >= 0.6 is 0 Å². The summed E-state index contributed by atoms with van der Waals surface area (Å²) in [5.74, 6) is 1.34. The number of nitrogens with one attached hydrogen (secondary N) is 1. The molecule has 0 unspecified atom stereocenters. The highest BCUT2D eigenvalue weighted by molar-refractivity contribution is 5.92. The van der Waals surface area contributed by atoms with Crippen molar-refractivity contribution in [2.24, 2.45) is 0 Å². The number of likely N-dealkylation sites (N-methyl/N-ethyl adjacent to an activating group) is 1. The van der Waals surface area contributed by atoms with Crippen molar-refractivity contribution in [2.45, 2.75) is 20.4 Å². The third-order valence-corrected chi connectivity index (χ3v) is 3.84. The molecule has 0 aliphatic heterocycles. The lowest BCUT2D eigenvalue weighted by Crippen LogP contribution is -2.30. The number of ether oxygens (including phenoxy) is 2. The van der Waals surface area contributed by atoms with Crippen LogP contribution < -0.4 is 14.8 Å². The predicted molar refractivity (Wildman–Crippen MR) is 100 cm³/mol. The smallest absolute Gasteiger partial charge is 0.238 e. The molecule has 2 aromatic rings. The number of methoxy groups -OCH3 is 2. The zero-order valence-corrected chi connectivity index (χ0v) is 15.6. The first-order valence-corrected chi connectivity index (χ1v) is 8.19. The average Bonchev–Trinajstić information content (AvgIpc) is 2.53. The quantitative estimate of drug-likeness (QED) is 0.838. The summed E-state index contributed by atoms with van der Waals surface area (Å²) in [4.78, 5) is 14.2. The van der Waals surface area contributed by atoms with Gasteiger partial charge in [-0.1, -0.05) is 18.2 Å². The Kier molecular flexibility index (Phi) is 6.42. The zero-order valence-electron chi connectivity index (χ0n) is 15.6. The Hall–Kier alpha value is -2.53. The Balaban J connectivity index is 2.00. The Labute approximate surface area is 149 Å². The minimum absolute atomic E-state index is 0.0469. The molecule has 25 heavy (non-hydrogen) atoms. The fourth-order valence-corrected chi connectivity index (χ4v) is 2.92. The van der Waals surface area contributed by atoms with Crippen LogP contribution in [-0.4, -0.2) is 38.6 Å². The minimum Gasteiger partial charge on any atom is -0.493 e. The maximum absolute atomic E-state index is 12.3. The highest BCUT2D eigenvalue weighted by Gasteiger charge is 2.13. The number of benzene rings is 2. The normalized spacial score (nSPS) is 10.6. The summed E-state index contributed by atoms with van der Waals surface area (Å²) in [6.45, 7) is 4.90. The standard InChI is InChI=1S/C20H26N2O3/c1-14-9-15(2)11-17(10-14)21-19(23)13-22(3)12-16-7-6-8-18(24-4)20(16)25-5/h6-11H,12-13H2,1-5H3,(H,21,23). The van der Waals surface area contributed by atoms with E-state index >= 15 is 0 Å². The summed E-state index contributed by atoms with van der Waals surface area (Å²) in [6, 6.07) is 11.8. The van der Waals surface area contributed by atoms with E-state index in [1.165, 1.54) is 0 Å². The average molecular weight is 342 g/mol. The largest absolute Gasteiger partial charge is 0.493 e. The fraction of sp³-hybridized carbons (Fsp3) is 0.350. The van der Waals surface area contributed by atoms with Gasteiger partial charge in [0.15, 0.2) is 11.5 Å². The first-order chi connectivity index (χ1) is 11.9. The number of para-hydroxylation sites is 1. The molecule has 0 saturated heterocycles. The number of aryl methyl sites for hydroxylation is 2. The predicted octanol–water partition coefficient (Wildman–Crippen LogP) is 3.39. The van der Waals surface area contributed by atoms with Crippen LogP contribution in [0.25, 0.3) is 0 Å². The van der Waals surface area contributed by atoms with Crippen LogP contribution in [0.15, 0.2) is 36.4 Å². The van der Waals surface area contributed by atoms with Crippen LogP contribution in [0.3, 0.4) is 0 Å². The fourth-order valence-electron chi connectivity index (χ4n) is 2.92. The van der Waals surface area contributed by atoms with E-state index in [1.54, 1.807) is 14.2 Å². The van der Waals surface area contributed by atoms with Gasteiger partial charge in [0.1, 0.15) is 0 Å². The van der Waals surface area contributed by atoms with E-state index in [1.807, 2.05) is 56.1 Å². The van der Waals surface area contributed by atoms with Crippen LogP contribution in [-0.2, 0) is 11.3 Å². The Morgan fingerprint density at radius 3 is 2.36 bits per heavy atom. The van der Waals surface area contributed by atoms with E-state index in [0.29, 0.717) is 18.0 Å². The van der Waals surface area contributed by atoms with Crippen molar-refractivity contribution in [2.75, 3.05) is 33.1 Å². The van der Waals surface area contributed by atoms with E-state index in [2.05, 4.69) is 11.4 Å². The monoisotopic (exact) mass is 342 g/mol. The van der Waals surface area contributed by atoms with Gasteiger partial charge >= 0.3 is 0 Å². The lowest BCUT2D eigenvalue weighted by Gasteiger charge is -2.19. The SMILES string of the molecule is COc1cccc(CN(C)CC(=O)Nc2cc(C)cc(C)c2)c1OC. The highest BCUT2D eigenvalue weighted by atomic mass is 16.5. The van der Waals surface area contributed by atoms with Crippen molar-refractivity contribution < 1.29 is 14.3 Å². The van der Waals surface area contributed by atoms with Crippen LogP contribution in [0.4, 0.5) is 5.69 Å². The van der Waals surface area contributed by atoms with Gasteiger partial charge in [-0.15, -0.1) is 0 Å². The maximum atomic E-state index is 12.3. The molecule has 0 heterocycles. The maximum Gasteiger partial charge on any atom is 0.238 e. The van der Waals surface area contributed by atoms with Gasteiger partial charge in [0.2, 0.25) is 5.91 Å². The van der Waals surface area contributed by atoms with Gasteiger partial charge in [0, 0.05) is 17.8 Å². The Morgan fingerprint density at radius 2 is 1.76 bits per heavy atom. The van der Waals surface area contributed by atoms with E-state index in [9.17, 15) is 4.79 Å². The molecule has 0 aliphatic carbocycles. The topological polar surface area (TPSA) is 50.8 Å². The second kappa shape index (κ2) is 8.53. The van der Waals surface area contributed by atoms with Gasteiger partial charge < -0.3 is 14.8 Å².